The number of nitro benzene ring substituents is 1. The van der Waals surface area contributed by atoms with E-state index in [0.29, 0.717) is 41.0 Å². The largest absolute Gasteiger partial charge is 0.312 e. The van der Waals surface area contributed by atoms with Crippen LogP contribution in [0, 0.1) is 27.8 Å². The van der Waals surface area contributed by atoms with Crippen molar-refractivity contribution in [3.8, 4) is 0 Å². The summed E-state index contributed by atoms with van der Waals surface area (Å²) in [6, 6.07) is 16.9. The fraction of sp³-hybridized carbons (Fsp3) is 0.424. The maximum atomic E-state index is 13.9. The number of hydrogen-bond acceptors (Lipinski definition) is 6. The van der Waals surface area contributed by atoms with Crippen molar-refractivity contribution >= 4 is 50.5 Å². The Morgan fingerprint density at radius 3 is 2.28 bits per heavy atom. The van der Waals surface area contributed by atoms with Crippen molar-refractivity contribution in [1.29, 1.82) is 0 Å². The first kappa shape index (κ1) is 34.3. The normalized spacial score (nSPS) is 17.2. The first-order valence-corrected chi connectivity index (χ1v) is 17.7. The molecule has 2 fully saturated rings. The van der Waals surface area contributed by atoms with Gasteiger partial charge in [-0.3, -0.25) is 14.9 Å². The van der Waals surface area contributed by atoms with Crippen molar-refractivity contribution in [2.75, 3.05) is 44.2 Å². The molecule has 46 heavy (non-hydrogen) atoms. The smallest absolute Gasteiger partial charge is 0.270 e. The van der Waals surface area contributed by atoms with Crippen molar-refractivity contribution in [3.05, 3.63) is 98.3 Å². The average Bonchev–Trinajstić information content (AvgIpc) is 3.06. The molecule has 5 rings (SSSR count). The molecule has 3 aromatic rings. The number of carbonyl (C=O) groups excluding carboxylic acids is 1. The maximum Gasteiger partial charge on any atom is 0.270 e. The standard InChI is InChI=1S/C33H37Cl2FN4O5S/c34-31-10-9-28(23-32(31)35)39(16-2-15-37-17-11-25(12-18-37)21-24-5-7-27(36)8-6-24)33(41)26-13-19-38(20-14-26)46(44,45)30-4-1-3-29(22-30)40(42)43/h1,3-10,22-23,25-26H,2,11-21H2. The molecule has 0 N–H and O–H groups in total. The summed E-state index contributed by atoms with van der Waals surface area (Å²) in [6.07, 6.45) is 4.46. The SMILES string of the molecule is O=C(C1CCN(S(=O)(=O)c2cccc([N+](=O)[O-])c2)CC1)N(CCCN1CCC(Cc2ccc(F)cc2)CC1)c1ccc(Cl)c(Cl)c1. The molecule has 9 nitrogen and oxygen atoms in total. The van der Waals surface area contributed by atoms with Crippen LogP contribution < -0.4 is 4.90 Å². The van der Waals surface area contributed by atoms with Gasteiger partial charge in [-0.15, -0.1) is 0 Å². The van der Waals surface area contributed by atoms with Crippen LogP contribution in [0.2, 0.25) is 10.0 Å². The van der Waals surface area contributed by atoms with Gasteiger partial charge in [0.05, 0.1) is 19.9 Å². The van der Waals surface area contributed by atoms with Gasteiger partial charge in [-0.1, -0.05) is 41.4 Å². The second kappa shape index (κ2) is 15.2. The van der Waals surface area contributed by atoms with Crippen LogP contribution in [0.3, 0.4) is 0 Å². The fourth-order valence-electron chi connectivity index (χ4n) is 6.31. The Labute approximate surface area is 279 Å². The molecular weight excluding hydrogens is 654 g/mol. The van der Waals surface area contributed by atoms with Crippen molar-refractivity contribution < 1.29 is 22.5 Å². The Kier molecular flexibility index (Phi) is 11.3. The van der Waals surface area contributed by atoms with Gasteiger partial charge in [-0.25, -0.2) is 12.8 Å². The third kappa shape index (κ3) is 8.43. The molecule has 1 amide bonds. The van der Waals surface area contributed by atoms with Crippen LogP contribution in [0.5, 0.6) is 0 Å². The second-order valence-electron chi connectivity index (χ2n) is 12.0. The van der Waals surface area contributed by atoms with Gasteiger partial charge in [-0.2, -0.15) is 4.31 Å². The van der Waals surface area contributed by atoms with Crippen molar-refractivity contribution in [2.24, 2.45) is 11.8 Å². The van der Waals surface area contributed by atoms with E-state index >= 15 is 0 Å². The van der Waals surface area contributed by atoms with Gasteiger partial charge in [-0.05, 0) is 106 Å². The molecule has 246 valence electrons. The van der Waals surface area contributed by atoms with Gasteiger partial charge in [0.2, 0.25) is 15.9 Å². The van der Waals surface area contributed by atoms with E-state index in [1.807, 2.05) is 12.1 Å². The Morgan fingerprint density at radius 1 is 0.935 bits per heavy atom. The zero-order valence-electron chi connectivity index (χ0n) is 25.4. The highest BCUT2D eigenvalue weighted by Crippen LogP contribution is 2.32. The molecule has 0 saturated carbocycles. The first-order chi connectivity index (χ1) is 22.0. The quantitative estimate of drug-likeness (QED) is 0.162. The summed E-state index contributed by atoms with van der Waals surface area (Å²) in [4.78, 5) is 28.5. The minimum absolute atomic E-state index is 0.0937. The number of rotatable bonds is 11. The summed E-state index contributed by atoms with van der Waals surface area (Å²) < 4.78 is 41.0. The number of sulfonamides is 1. The second-order valence-corrected chi connectivity index (χ2v) is 14.7. The summed E-state index contributed by atoms with van der Waals surface area (Å²) in [5, 5.41) is 11.9. The number of non-ortho nitro benzene ring substituents is 1. The van der Waals surface area contributed by atoms with Gasteiger partial charge in [0.25, 0.3) is 5.69 Å². The van der Waals surface area contributed by atoms with Crippen LogP contribution in [0.15, 0.2) is 71.6 Å². The molecule has 0 radical (unpaired) electrons. The summed E-state index contributed by atoms with van der Waals surface area (Å²) in [5.41, 5.74) is 1.50. The molecule has 0 bridgehead atoms. The highest BCUT2D eigenvalue weighted by molar-refractivity contribution is 7.89. The highest BCUT2D eigenvalue weighted by Gasteiger charge is 2.35. The van der Waals surface area contributed by atoms with Crippen LogP contribution in [0.25, 0.3) is 0 Å². The predicted molar refractivity (Wildman–Crippen MR) is 177 cm³/mol. The molecule has 0 unspecified atom stereocenters. The average molecular weight is 692 g/mol. The Hall–Kier alpha value is -3.09. The van der Waals surface area contributed by atoms with Gasteiger partial charge in [0.15, 0.2) is 0 Å². The number of halogens is 3. The van der Waals surface area contributed by atoms with Crippen molar-refractivity contribution in [3.63, 3.8) is 0 Å². The van der Waals surface area contributed by atoms with Gasteiger partial charge >= 0.3 is 0 Å². The number of benzene rings is 3. The Morgan fingerprint density at radius 2 is 1.63 bits per heavy atom. The van der Waals surface area contributed by atoms with Crippen molar-refractivity contribution in [2.45, 2.75) is 43.4 Å². The number of carbonyl (C=O) groups is 1. The van der Waals surface area contributed by atoms with E-state index < -0.39 is 20.9 Å². The number of nitro groups is 1. The number of piperidine rings is 2. The summed E-state index contributed by atoms with van der Waals surface area (Å²) in [6.45, 7) is 3.48. The maximum absolute atomic E-state index is 13.9. The summed E-state index contributed by atoms with van der Waals surface area (Å²) in [5.74, 6) is -0.150. The summed E-state index contributed by atoms with van der Waals surface area (Å²) >= 11 is 12.5. The van der Waals surface area contributed by atoms with Crippen LogP contribution in [-0.2, 0) is 21.2 Å². The van der Waals surface area contributed by atoms with E-state index in [2.05, 4.69) is 4.90 Å². The highest BCUT2D eigenvalue weighted by atomic mass is 35.5. The lowest BCUT2D eigenvalue weighted by Crippen LogP contribution is -2.45. The van der Waals surface area contributed by atoms with Gasteiger partial charge < -0.3 is 9.80 Å². The molecule has 2 saturated heterocycles. The van der Waals surface area contributed by atoms with Crippen LogP contribution >= 0.6 is 23.2 Å². The van der Waals surface area contributed by atoms with Crippen LogP contribution in [0.1, 0.15) is 37.7 Å². The van der Waals surface area contributed by atoms with Crippen molar-refractivity contribution in [1.82, 2.24) is 9.21 Å². The first-order valence-electron chi connectivity index (χ1n) is 15.5. The Balaban J connectivity index is 1.18. The minimum Gasteiger partial charge on any atom is -0.312 e. The van der Waals surface area contributed by atoms with E-state index in [4.69, 9.17) is 23.2 Å². The molecule has 0 atom stereocenters. The molecule has 2 aliphatic heterocycles. The monoisotopic (exact) mass is 690 g/mol. The number of nitrogens with zero attached hydrogens (tertiary/aromatic N) is 4. The molecule has 2 aliphatic rings. The van der Waals surface area contributed by atoms with Gasteiger partial charge in [0, 0.05) is 43.4 Å². The Bertz CT molecular complexity index is 1640. The summed E-state index contributed by atoms with van der Waals surface area (Å²) in [7, 11) is -3.95. The minimum atomic E-state index is -3.95. The lowest BCUT2D eigenvalue weighted by Gasteiger charge is -2.35. The number of hydrogen-bond donors (Lipinski definition) is 0. The third-order valence-electron chi connectivity index (χ3n) is 8.95. The van der Waals surface area contributed by atoms with E-state index in [0.717, 1.165) is 56.9 Å². The molecular formula is C33H37Cl2FN4O5S. The number of likely N-dealkylation sites (tertiary alicyclic amines) is 1. The lowest BCUT2D eigenvalue weighted by molar-refractivity contribution is -0.385. The molecule has 0 aromatic heterocycles. The molecule has 13 heteroatoms. The zero-order valence-corrected chi connectivity index (χ0v) is 27.7. The van der Waals surface area contributed by atoms with Crippen LogP contribution in [-0.4, -0.2) is 67.7 Å². The van der Waals surface area contributed by atoms with E-state index in [1.165, 1.54) is 34.6 Å². The third-order valence-corrected chi connectivity index (χ3v) is 11.6. The topological polar surface area (TPSA) is 104 Å². The van der Waals surface area contributed by atoms with Crippen LogP contribution in [0.4, 0.5) is 15.8 Å². The fourth-order valence-corrected chi connectivity index (χ4v) is 8.11. The number of anilines is 1. The molecule has 3 aromatic carbocycles. The number of amides is 1. The van der Waals surface area contributed by atoms with Gasteiger partial charge in [0.1, 0.15) is 5.82 Å². The molecule has 0 aliphatic carbocycles. The molecule has 2 heterocycles. The lowest BCUT2D eigenvalue weighted by atomic mass is 9.90. The van der Waals surface area contributed by atoms with E-state index in [-0.39, 0.29) is 35.4 Å². The zero-order chi connectivity index (χ0) is 32.8. The van der Waals surface area contributed by atoms with E-state index in [9.17, 15) is 27.7 Å². The van der Waals surface area contributed by atoms with E-state index in [1.54, 1.807) is 23.1 Å². The predicted octanol–water partition coefficient (Wildman–Crippen LogP) is 6.82. The molecule has 0 spiro atoms.